The largest absolute Gasteiger partial charge is 0.389 e. The van der Waals surface area contributed by atoms with Crippen molar-refractivity contribution in [3.63, 3.8) is 0 Å². The third kappa shape index (κ3) is 5.41. The quantitative estimate of drug-likeness (QED) is 0.875. The van der Waals surface area contributed by atoms with Crippen molar-refractivity contribution in [3.05, 3.63) is 27.7 Å². The van der Waals surface area contributed by atoms with Crippen molar-refractivity contribution < 1.29 is 18.0 Å². The molecule has 0 spiro atoms. The zero-order chi connectivity index (χ0) is 13.1. The molecule has 0 aliphatic heterocycles. The molecule has 1 aromatic rings. The summed E-state index contributed by atoms with van der Waals surface area (Å²) in [5.41, 5.74) is 0.366. The van der Waals surface area contributed by atoms with Crippen LogP contribution in [0.25, 0.3) is 0 Å². The highest BCUT2D eigenvalue weighted by atomic mass is 79.9. The Kier molecular flexibility index (Phi) is 4.82. The van der Waals surface area contributed by atoms with E-state index in [4.69, 9.17) is 11.6 Å². The summed E-state index contributed by atoms with van der Waals surface area (Å²) in [7, 11) is 0. The molecular weight excluding hydrogens is 322 g/mol. The summed E-state index contributed by atoms with van der Waals surface area (Å²) in [4.78, 5) is 11.2. The maximum Gasteiger partial charge on any atom is 0.389 e. The molecule has 2 nitrogen and oxygen atoms in total. The third-order valence-corrected chi connectivity index (χ3v) is 3.07. The Labute approximate surface area is 109 Å². The van der Waals surface area contributed by atoms with Crippen LogP contribution in [0.5, 0.6) is 0 Å². The minimum Gasteiger partial charge on any atom is -0.326 e. The SMILES string of the molecule is O=C(CCC(F)(F)F)Nc1ccc(Br)c(Cl)c1. The maximum absolute atomic E-state index is 11.9. The van der Waals surface area contributed by atoms with Gasteiger partial charge in [0.25, 0.3) is 0 Å². The van der Waals surface area contributed by atoms with Crippen molar-refractivity contribution >= 4 is 39.1 Å². The molecule has 1 amide bonds. The first-order chi connectivity index (χ1) is 7.78. The highest BCUT2D eigenvalue weighted by Gasteiger charge is 2.27. The van der Waals surface area contributed by atoms with Crippen LogP contribution in [0.1, 0.15) is 12.8 Å². The smallest absolute Gasteiger partial charge is 0.326 e. The van der Waals surface area contributed by atoms with Gasteiger partial charge < -0.3 is 5.32 Å². The van der Waals surface area contributed by atoms with Gasteiger partial charge in [-0.2, -0.15) is 13.2 Å². The highest BCUT2D eigenvalue weighted by molar-refractivity contribution is 9.10. The van der Waals surface area contributed by atoms with Gasteiger partial charge in [0, 0.05) is 16.6 Å². The van der Waals surface area contributed by atoms with Crippen LogP contribution in [0.15, 0.2) is 22.7 Å². The van der Waals surface area contributed by atoms with Gasteiger partial charge in [-0.3, -0.25) is 4.79 Å². The van der Waals surface area contributed by atoms with Gasteiger partial charge in [-0.05, 0) is 34.1 Å². The lowest BCUT2D eigenvalue weighted by Crippen LogP contribution is -2.16. The van der Waals surface area contributed by atoms with Gasteiger partial charge in [0.05, 0.1) is 11.4 Å². The highest BCUT2D eigenvalue weighted by Crippen LogP contribution is 2.26. The first-order valence-corrected chi connectivity index (χ1v) is 5.77. The second-order valence-electron chi connectivity index (χ2n) is 3.29. The van der Waals surface area contributed by atoms with Crippen LogP contribution in [0.3, 0.4) is 0 Å². The van der Waals surface area contributed by atoms with Gasteiger partial charge in [0.15, 0.2) is 0 Å². The van der Waals surface area contributed by atoms with Gasteiger partial charge in [-0.1, -0.05) is 11.6 Å². The number of hydrogen-bond donors (Lipinski definition) is 1. The number of carbonyl (C=O) groups excluding carboxylic acids is 1. The summed E-state index contributed by atoms with van der Waals surface area (Å²) in [5, 5.41) is 2.71. The van der Waals surface area contributed by atoms with Gasteiger partial charge in [0.1, 0.15) is 0 Å². The Balaban J connectivity index is 2.54. The monoisotopic (exact) mass is 329 g/mol. The van der Waals surface area contributed by atoms with Gasteiger partial charge >= 0.3 is 6.18 Å². The molecule has 1 N–H and O–H groups in total. The van der Waals surface area contributed by atoms with Crippen LogP contribution in [0, 0.1) is 0 Å². The summed E-state index contributed by atoms with van der Waals surface area (Å²) in [5.74, 6) is -0.694. The van der Waals surface area contributed by atoms with Crippen molar-refractivity contribution in [2.45, 2.75) is 19.0 Å². The zero-order valence-corrected chi connectivity index (χ0v) is 10.8. The molecule has 0 unspecified atom stereocenters. The first-order valence-electron chi connectivity index (χ1n) is 4.59. The molecule has 17 heavy (non-hydrogen) atoms. The number of nitrogens with one attached hydrogen (secondary N) is 1. The van der Waals surface area contributed by atoms with E-state index in [9.17, 15) is 18.0 Å². The normalized spacial score (nSPS) is 11.4. The fraction of sp³-hybridized carbons (Fsp3) is 0.300. The average molecular weight is 331 g/mol. The molecule has 0 heterocycles. The van der Waals surface area contributed by atoms with E-state index in [-0.39, 0.29) is 0 Å². The lowest BCUT2D eigenvalue weighted by Gasteiger charge is -2.08. The van der Waals surface area contributed by atoms with E-state index in [1.54, 1.807) is 12.1 Å². The number of rotatable bonds is 3. The molecule has 0 atom stereocenters. The van der Waals surface area contributed by atoms with Gasteiger partial charge in [-0.25, -0.2) is 0 Å². The summed E-state index contributed by atoms with van der Waals surface area (Å²) in [6.07, 6.45) is -6.06. The minimum absolute atomic E-state index is 0.366. The van der Waals surface area contributed by atoms with Crippen LogP contribution in [-0.2, 0) is 4.79 Å². The van der Waals surface area contributed by atoms with E-state index in [1.165, 1.54) is 6.07 Å². The number of amides is 1. The third-order valence-electron chi connectivity index (χ3n) is 1.84. The molecule has 0 saturated heterocycles. The molecule has 94 valence electrons. The lowest BCUT2D eigenvalue weighted by atomic mass is 10.2. The van der Waals surface area contributed by atoms with Gasteiger partial charge in [0.2, 0.25) is 5.91 Å². The Bertz CT molecular complexity index is 423. The summed E-state index contributed by atoms with van der Waals surface area (Å²) >= 11 is 8.93. The standard InChI is InChI=1S/C10H8BrClF3NO/c11-7-2-1-6(5-8(7)12)16-9(17)3-4-10(13,14)15/h1-2,5H,3-4H2,(H,16,17). The summed E-state index contributed by atoms with van der Waals surface area (Å²) < 4.78 is 36.2. The summed E-state index contributed by atoms with van der Waals surface area (Å²) in [6.45, 7) is 0. The first kappa shape index (κ1) is 14.3. The number of carbonyl (C=O) groups is 1. The van der Waals surface area contributed by atoms with E-state index in [0.717, 1.165) is 0 Å². The van der Waals surface area contributed by atoms with E-state index in [2.05, 4.69) is 21.2 Å². The summed E-state index contributed by atoms with van der Waals surface area (Å²) in [6, 6.07) is 4.60. The molecule has 0 radical (unpaired) electrons. The molecule has 1 aromatic carbocycles. The van der Waals surface area contributed by atoms with Crippen molar-refractivity contribution in [3.8, 4) is 0 Å². The van der Waals surface area contributed by atoms with E-state index < -0.39 is 24.9 Å². The molecule has 0 aliphatic carbocycles. The number of hydrogen-bond acceptors (Lipinski definition) is 1. The van der Waals surface area contributed by atoms with Crippen LogP contribution >= 0.6 is 27.5 Å². The number of halogens is 5. The maximum atomic E-state index is 11.9. The number of anilines is 1. The fourth-order valence-corrected chi connectivity index (χ4v) is 1.48. The Morgan fingerprint density at radius 2 is 2.06 bits per heavy atom. The predicted octanol–water partition coefficient (Wildman–Crippen LogP) is 4.38. The molecule has 7 heteroatoms. The Morgan fingerprint density at radius 3 is 2.59 bits per heavy atom. The van der Waals surface area contributed by atoms with E-state index in [1.807, 2.05) is 0 Å². The van der Waals surface area contributed by atoms with Crippen molar-refractivity contribution in [2.24, 2.45) is 0 Å². The molecule has 1 rings (SSSR count). The number of benzene rings is 1. The average Bonchev–Trinajstić information content (AvgIpc) is 2.20. The Morgan fingerprint density at radius 1 is 1.41 bits per heavy atom. The van der Waals surface area contributed by atoms with Crippen LogP contribution in [0.4, 0.5) is 18.9 Å². The van der Waals surface area contributed by atoms with Crippen molar-refractivity contribution in [2.75, 3.05) is 5.32 Å². The second kappa shape index (κ2) is 5.73. The molecule has 0 aliphatic rings. The molecule has 0 saturated carbocycles. The van der Waals surface area contributed by atoms with E-state index in [0.29, 0.717) is 15.2 Å². The van der Waals surface area contributed by atoms with Crippen molar-refractivity contribution in [1.29, 1.82) is 0 Å². The lowest BCUT2D eigenvalue weighted by molar-refractivity contribution is -0.142. The molecule has 0 fully saturated rings. The topological polar surface area (TPSA) is 29.1 Å². The zero-order valence-electron chi connectivity index (χ0n) is 8.44. The van der Waals surface area contributed by atoms with Gasteiger partial charge in [-0.15, -0.1) is 0 Å². The number of alkyl halides is 3. The van der Waals surface area contributed by atoms with Crippen molar-refractivity contribution in [1.82, 2.24) is 0 Å². The van der Waals surface area contributed by atoms with Crippen LogP contribution < -0.4 is 5.32 Å². The minimum atomic E-state index is -4.32. The molecule has 0 aromatic heterocycles. The molecule has 0 bridgehead atoms. The Hall–Kier alpha value is -0.750. The fourth-order valence-electron chi connectivity index (χ4n) is 1.05. The van der Waals surface area contributed by atoms with E-state index >= 15 is 0 Å². The van der Waals surface area contributed by atoms with Crippen LogP contribution in [-0.4, -0.2) is 12.1 Å². The van der Waals surface area contributed by atoms with Crippen LogP contribution in [0.2, 0.25) is 5.02 Å². The second-order valence-corrected chi connectivity index (χ2v) is 4.55. The molecular formula is C10H8BrClF3NO. The predicted molar refractivity (Wildman–Crippen MR) is 63.1 cm³/mol.